The third-order valence-electron chi connectivity index (χ3n) is 2.29. The fourth-order valence-corrected chi connectivity index (χ4v) is 1.62. The van der Waals surface area contributed by atoms with Gasteiger partial charge in [-0.05, 0) is 33.7 Å². The minimum atomic E-state index is -2.94. The van der Waals surface area contributed by atoms with E-state index in [1.165, 1.54) is 0 Å². The number of carbonyl (C=O) groups is 1. The maximum Gasteiger partial charge on any atom is 0.271 e. The van der Waals surface area contributed by atoms with Gasteiger partial charge in [-0.1, -0.05) is 0 Å². The van der Waals surface area contributed by atoms with Crippen molar-refractivity contribution in [3.63, 3.8) is 0 Å². The molecule has 1 unspecified atom stereocenters. The highest BCUT2D eigenvalue weighted by Crippen LogP contribution is 2.29. The molecule has 5 heteroatoms. The van der Waals surface area contributed by atoms with Gasteiger partial charge < -0.3 is 10.6 Å². The van der Waals surface area contributed by atoms with Crippen molar-refractivity contribution in [2.24, 2.45) is 5.92 Å². The molecule has 1 amide bonds. The van der Waals surface area contributed by atoms with E-state index in [1.807, 2.05) is 0 Å². The molecule has 0 aromatic rings. The molecule has 1 aliphatic rings. The Morgan fingerprint density at radius 3 is 2.53 bits per heavy atom. The molecule has 1 fully saturated rings. The van der Waals surface area contributed by atoms with Crippen LogP contribution in [0.3, 0.4) is 0 Å². The van der Waals surface area contributed by atoms with E-state index in [-0.39, 0.29) is 6.42 Å². The zero-order valence-electron chi connectivity index (χ0n) is 9.36. The minimum absolute atomic E-state index is 0.189. The zero-order valence-corrected chi connectivity index (χ0v) is 9.36. The summed E-state index contributed by atoms with van der Waals surface area (Å²) in [6, 6.07) is 0. The molecule has 1 heterocycles. The van der Waals surface area contributed by atoms with Crippen molar-refractivity contribution in [3.05, 3.63) is 0 Å². The number of nitrogens with one attached hydrogen (secondary N) is 2. The molecule has 0 aliphatic carbocycles. The molecule has 0 aromatic heterocycles. The number of piperidine rings is 1. The average molecular weight is 220 g/mol. The average Bonchev–Trinajstić information content (AvgIpc) is 1.99. The summed E-state index contributed by atoms with van der Waals surface area (Å²) in [6.45, 7) is 5.41. The lowest BCUT2D eigenvalue weighted by Crippen LogP contribution is -2.55. The number of hydrogen-bond acceptors (Lipinski definition) is 2. The van der Waals surface area contributed by atoms with Crippen molar-refractivity contribution < 1.29 is 13.6 Å². The van der Waals surface area contributed by atoms with E-state index in [0.29, 0.717) is 6.54 Å². The molecule has 0 spiro atoms. The molecule has 0 aromatic carbocycles. The number of halogens is 2. The Morgan fingerprint density at radius 2 is 2.07 bits per heavy atom. The molecule has 1 rings (SSSR count). The Morgan fingerprint density at radius 1 is 1.47 bits per heavy atom. The maximum atomic E-state index is 13.4. The monoisotopic (exact) mass is 220 g/mol. The summed E-state index contributed by atoms with van der Waals surface area (Å²) in [5.74, 6) is -4.68. The first-order valence-electron chi connectivity index (χ1n) is 5.13. The molecule has 15 heavy (non-hydrogen) atoms. The normalized spacial score (nSPS) is 26.1. The fourth-order valence-electron chi connectivity index (χ4n) is 1.62. The van der Waals surface area contributed by atoms with Gasteiger partial charge in [0.2, 0.25) is 5.91 Å². The highest BCUT2D eigenvalue weighted by molar-refractivity contribution is 5.80. The smallest absolute Gasteiger partial charge is 0.271 e. The van der Waals surface area contributed by atoms with Crippen LogP contribution in [0.4, 0.5) is 8.78 Å². The van der Waals surface area contributed by atoms with Crippen LogP contribution in [0.1, 0.15) is 27.2 Å². The van der Waals surface area contributed by atoms with Crippen molar-refractivity contribution in [2.45, 2.75) is 38.7 Å². The molecule has 0 bridgehead atoms. The molecule has 2 N–H and O–H groups in total. The molecular weight excluding hydrogens is 202 g/mol. The third-order valence-corrected chi connectivity index (χ3v) is 2.29. The van der Waals surface area contributed by atoms with Crippen molar-refractivity contribution in [1.82, 2.24) is 10.6 Å². The van der Waals surface area contributed by atoms with Crippen LogP contribution in [0.15, 0.2) is 0 Å². The van der Waals surface area contributed by atoms with Gasteiger partial charge in [-0.3, -0.25) is 4.79 Å². The summed E-state index contributed by atoms with van der Waals surface area (Å²) in [4.78, 5) is 11.6. The topological polar surface area (TPSA) is 41.1 Å². The highest BCUT2D eigenvalue weighted by Gasteiger charge is 2.46. The van der Waals surface area contributed by atoms with Gasteiger partial charge in [0.15, 0.2) is 0 Å². The van der Waals surface area contributed by atoms with Crippen molar-refractivity contribution >= 4 is 5.91 Å². The minimum Gasteiger partial charge on any atom is -0.351 e. The van der Waals surface area contributed by atoms with Gasteiger partial charge in [0.25, 0.3) is 5.92 Å². The summed E-state index contributed by atoms with van der Waals surface area (Å²) in [6.07, 6.45) is 0.189. The van der Waals surface area contributed by atoms with E-state index >= 15 is 0 Å². The Labute approximate surface area is 88.6 Å². The number of hydrogen-bond donors (Lipinski definition) is 2. The first-order valence-corrected chi connectivity index (χ1v) is 5.13. The Balaban J connectivity index is 2.65. The van der Waals surface area contributed by atoms with Gasteiger partial charge in [0, 0.05) is 5.54 Å². The molecular formula is C10H18F2N2O. The van der Waals surface area contributed by atoms with Crippen molar-refractivity contribution in [1.29, 1.82) is 0 Å². The van der Waals surface area contributed by atoms with Crippen LogP contribution >= 0.6 is 0 Å². The van der Waals surface area contributed by atoms with Crippen LogP contribution in [0.25, 0.3) is 0 Å². The van der Waals surface area contributed by atoms with Crippen LogP contribution in [-0.4, -0.2) is 30.5 Å². The van der Waals surface area contributed by atoms with E-state index in [9.17, 15) is 13.6 Å². The molecule has 88 valence electrons. The SMILES string of the molecule is CC(C)(C)NC(=O)C1CCNCC1(F)F. The van der Waals surface area contributed by atoms with E-state index in [4.69, 9.17) is 0 Å². The zero-order chi connectivity index (χ0) is 11.7. The molecule has 0 radical (unpaired) electrons. The summed E-state index contributed by atoms with van der Waals surface area (Å²) in [7, 11) is 0. The third kappa shape index (κ3) is 3.41. The quantitative estimate of drug-likeness (QED) is 0.696. The van der Waals surface area contributed by atoms with Crippen molar-refractivity contribution in [3.8, 4) is 0 Å². The Hall–Kier alpha value is -0.710. The first kappa shape index (κ1) is 12.4. The maximum absolute atomic E-state index is 13.4. The van der Waals surface area contributed by atoms with Crippen LogP contribution < -0.4 is 10.6 Å². The van der Waals surface area contributed by atoms with E-state index in [2.05, 4.69) is 10.6 Å². The molecule has 1 atom stereocenters. The standard InChI is InChI=1S/C10H18F2N2O/c1-9(2,3)14-8(15)7-4-5-13-6-10(7,11)12/h7,13H,4-6H2,1-3H3,(H,14,15). The molecule has 3 nitrogen and oxygen atoms in total. The lowest BCUT2D eigenvalue weighted by Gasteiger charge is -2.33. The Kier molecular flexibility index (Phi) is 3.33. The number of alkyl halides is 2. The fraction of sp³-hybridized carbons (Fsp3) is 0.900. The van der Waals surface area contributed by atoms with Gasteiger partial charge in [-0.15, -0.1) is 0 Å². The number of amides is 1. The lowest BCUT2D eigenvalue weighted by atomic mass is 9.92. The van der Waals surface area contributed by atoms with Gasteiger partial charge in [-0.25, -0.2) is 8.78 Å². The summed E-state index contributed by atoms with van der Waals surface area (Å²) >= 11 is 0. The predicted molar refractivity (Wildman–Crippen MR) is 53.8 cm³/mol. The summed E-state index contributed by atoms with van der Waals surface area (Å²) < 4.78 is 26.7. The van der Waals surface area contributed by atoms with Crippen LogP contribution in [0.2, 0.25) is 0 Å². The second-order valence-corrected chi connectivity index (χ2v) is 5.02. The van der Waals surface area contributed by atoms with Crippen molar-refractivity contribution in [2.75, 3.05) is 13.1 Å². The predicted octanol–water partition coefficient (Wildman–Crippen LogP) is 1.15. The summed E-state index contributed by atoms with van der Waals surface area (Å²) in [5.41, 5.74) is -0.460. The van der Waals surface area contributed by atoms with E-state index < -0.39 is 29.8 Å². The molecule has 1 saturated heterocycles. The largest absolute Gasteiger partial charge is 0.351 e. The second-order valence-electron chi connectivity index (χ2n) is 5.02. The van der Waals surface area contributed by atoms with Gasteiger partial charge >= 0.3 is 0 Å². The van der Waals surface area contributed by atoms with Crippen LogP contribution in [0, 0.1) is 5.92 Å². The summed E-state index contributed by atoms with van der Waals surface area (Å²) in [5, 5.41) is 5.19. The van der Waals surface area contributed by atoms with Gasteiger partial charge in [0.05, 0.1) is 6.54 Å². The molecule has 0 saturated carbocycles. The second kappa shape index (κ2) is 4.04. The van der Waals surface area contributed by atoms with Gasteiger partial charge in [-0.2, -0.15) is 0 Å². The number of rotatable bonds is 1. The highest BCUT2D eigenvalue weighted by atomic mass is 19.3. The molecule has 1 aliphatic heterocycles. The van der Waals surface area contributed by atoms with Gasteiger partial charge in [0.1, 0.15) is 5.92 Å². The van der Waals surface area contributed by atoms with Crippen LogP contribution in [-0.2, 0) is 4.79 Å². The lowest BCUT2D eigenvalue weighted by molar-refractivity contribution is -0.144. The Bertz CT molecular complexity index is 248. The first-order chi connectivity index (χ1) is 6.72. The van der Waals surface area contributed by atoms with Crippen LogP contribution in [0.5, 0.6) is 0 Å². The number of carbonyl (C=O) groups excluding carboxylic acids is 1. The van der Waals surface area contributed by atoms with E-state index in [0.717, 1.165) is 0 Å². The van der Waals surface area contributed by atoms with E-state index in [1.54, 1.807) is 20.8 Å².